The molecule has 0 aliphatic carbocycles. The third-order valence-electron chi connectivity index (χ3n) is 3.38. The summed E-state index contributed by atoms with van der Waals surface area (Å²) < 4.78 is 1.82. The Bertz CT molecular complexity index is 550. The van der Waals surface area contributed by atoms with E-state index in [1.807, 2.05) is 11.6 Å². The van der Waals surface area contributed by atoms with Gasteiger partial charge in [-0.3, -0.25) is 0 Å². The third kappa shape index (κ3) is 3.01. The smallest absolute Gasteiger partial charge is 0.111 e. The fraction of sp³-hybridized carbons (Fsp3) is 0.467. The summed E-state index contributed by atoms with van der Waals surface area (Å²) in [5, 5.41) is 17.1. The van der Waals surface area contributed by atoms with Gasteiger partial charge < -0.3 is 5.11 Å². The molecule has 4 nitrogen and oxygen atoms in total. The molecule has 0 amide bonds. The van der Waals surface area contributed by atoms with Gasteiger partial charge >= 0.3 is 0 Å². The van der Waals surface area contributed by atoms with Gasteiger partial charge in [-0.15, -0.1) is 5.10 Å². The molecule has 0 aliphatic rings. The minimum absolute atomic E-state index is 0.0607. The van der Waals surface area contributed by atoms with Crippen molar-refractivity contribution >= 4 is 0 Å². The zero-order valence-electron chi connectivity index (χ0n) is 12.0. The largest absolute Gasteiger partial charge is 0.390 e. The summed E-state index contributed by atoms with van der Waals surface area (Å²) in [7, 11) is 0. The molecule has 0 saturated heterocycles. The summed E-state index contributed by atoms with van der Waals surface area (Å²) in [6.07, 6.45) is 0. The summed E-state index contributed by atoms with van der Waals surface area (Å²) in [5.41, 5.74) is 4.24. The average Bonchev–Trinajstić information content (AvgIpc) is 2.70. The maximum Gasteiger partial charge on any atom is 0.111 e. The van der Waals surface area contributed by atoms with E-state index in [4.69, 9.17) is 5.11 Å². The molecule has 0 radical (unpaired) electrons. The number of hydrogen-bond donors (Lipinski definition) is 1. The van der Waals surface area contributed by atoms with Crippen LogP contribution in [0.4, 0.5) is 0 Å². The molecule has 0 spiro atoms. The molecule has 0 atom stereocenters. The van der Waals surface area contributed by atoms with Gasteiger partial charge in [0.05, 0.1) is 18.8 Å². The van der Waals surface area contributed by atoms with Gasteiger partial charge in [0.15, 0.2) is 0 Å². The fourth-order valence-corrected chi connectivity index (χ4v) is 1.98. The first-order valence-electron chi connectivity index (χ1n) is 6.51. The second-order valence-corrected chi connectivity index (χ2v) is 5.88. The Morgan fingerprint density at radius 2 is 1.79 bits per heavy atom. The summed E-state index contributed by atoms with van der Waals surface area (Å²) >= 11 is 0. The Morgan fingerprint density at radius 1 is 1.16 bits per heavy atom. The number of benzene rings is 1. The van der Waals surface area contributed by atoms with E-state index in [1.165, 1.54) is 11.1 Å². The van der Waals surface area contributed by atoms with E-state index < -0.39 is 0 Å². The topological polar surface area (TPSA) is 50.9 Å². The summed E-state index contributed by atoms with van der Waals surface area (Å²) in [5.74, 6) is 0. The van der Waals surface area contributed by atoms with Gasteiger partial charge in [0.1, 0.15) is 5.69 Å². The highest BCUT2D eigenvalue weighted by Crippen LogP contribution is 2.22. The van der Waals surface area contributed by atoms with Crippen molar-refractivity contribution in [2.45, 2.75) is 46.3 Å². The van der Waals surface area contributed by atoms with Crippen LogP contribution >= 0.6 is 0 Å². The molecule has 1 aromatic heterocycles. The van der Waals surface area contributed by atoms with E-state index in [0.717, 1.165) is 5.69 Å². The van der Waals surface area contributed by atoms with Crippen molar-refractivity contribution in [1.82, 2.24) is 15.0 Å². The number of rotatable bonds is 3. The van der Waals surface area contributed by atoms with Crippen LogP contribution < -0.4 is 0 Å². The lowest BCUT2D eigenvalue weighted by atomic mass is 9.87. The van der Waals surface area contributed by atoms with E-state index in [2.05, 4.69) is 55.3 Å². The average molecular weight is 259 g/mol. The quantitative estimate of drug-likeness (QED) is 0.921. The lowest BCUT2D eigenvalue weighted by molar-refractivity contribution is 0.276. The van der Waals surface area contributed by atoms with Crippen molar-refractivity contribution in [2.75, 3.05) is 0 Å². The van der Waals surface area contributed by atoms with Gasteiger partial charge in [-0.25, -0.2) is 4.68 Å². The molecule has 0 fully saturated rings. The van der Waals surface area contributed by atoms with Crippen LogP contribution in [0.25, 0.3) is 0 Å². The molecule has 2 rings (SSSR count). The normalized spacial score (nSPS) is 11.8. The first kappa shape index (κ1) is 13.7. The van der Waals surface area contributed by atoms with E-state index in [9.17, 15) is 0 Å². The van der Waals surface area contributed by atoms with E-state index in [0.29, 0.717) is 12.2 Å². The zero-order chi connectivity index (χ0) is 14.0. The van der Waals surface area contributed by atoms with Crippen molar-refractivity contribution in [3.8, 4) is 0 Å². The molecule has 19 heavy (non-hydrogen) atoms. The second kappa shape index (κ2) is 5.13. The van der Waals surface area contributed by atoms with Crippen LogP contribution in [-0.2, 0) is 18.6 Å². The predicted octanol–water partition coefficient (Wildman–Crippen LogP) is 2.42. The molecular formula is C15H21N3O. The monoisotopic (exact) mass is 259 g/mol. The van der Waals surface area contributed by atoms with Crippen molar-refractivity contribution in [3.63, 3.8) is 0 Å². The van der Waals surface area contributed by atoms with Crippen LogP contribution in [0.5, 0.6) is 0 Å². The maximum atomic E-state index is 9.11. The van der Waals surface area contributed by atoms with Crippen LogP contribution in [0.3, 0.4) is 0 Å². The van der Waals surface area contributed by atoms with Gasteiger partial charge in [-0.1, -0.05) is 50.3 Å². The molecule has 0 unspecified atom stereocenters. The first-order valence-corrected chi connectivity index (χ1v) is 6.51. The van der Waals surface area contributed by atoms with Crippen LogP contribution in [0.1, 0.15) is 43.3 Å². The Morgan fingerprint density at radius 3 is 2.26 bits per heavy atom. The van der Waals surface area contributed by atoms with Gasteiger partial charge in [0.25, 0.3) is 0 Å². The fourth-order valence-electron chi connectivity index (χ4n) is 1.98. The molecule has 2 aromatic rings. The zero-order valence-corrected chi connectivity index (χ0v) is 12.0. The summed E-state index contributed by atoms with van der Waals surface area (Å²) in [6, 6.07) is 8.57. The van der Waals surface area contributed by atoms with Gasteiger partial charge in [0.2, 0.25) is 0 Å². The number of aromatic nitrogens is 3. The minimum Gasteiger partial charge on any atom is -0.390 e. The lowest BCUT2D eigenvalue weighted by Gasteiger charge is -2.19. The van der Waals surface area contributed by atoms with Crippen molar-refractivity contribution in [1.29, 1.82) is 0 Å². The molecule has 1 N–H and O–H groups in total. The van der Waals surface area contributed by atoms with Crippen molar-refractivity contribution < 1.29 is 5.11 Å². The van der Waals surface area contributed by atoms with Gasteiger partial charge in [0, 0.05) is 0 Å². The molecule has 0 aliphatic heterocycles. The van der Waals surface area contributed by atoms with Crippen LogP contribution in [0.15, 0.2) is 24.3 Å². The molecule has 0 bridgehead atoms. The predicted molar refractivity (Wildman–Crippen MR) is 74.9 cm³/mol. The van der Waals surface area contributed by atoms with E-state index >= 15 is 0 Å². The highest BCUT2D eigenvalue weighted by molar-refractivity contribution is 5.27. The van der Waals surface area contributed by atoms with Crippen LogP contribution in [-0.4, -0.2) is 20.1 Å². The first-order chi connectivity index (χ1) is 8.91. The number of aliphatic hydroxyl groups excluding tert-OH is 1. The Kier molecular flexibility index (Phi) is 3.71. The third-order valence-corrected chi connectivity index (χ3v) is 3.38. The van der Waals surface area contributed by atoms with Gasteiger partial charge in [-0.05, 0) is 23.5 Å². The highest BCUT2D eigenvalue weighted by atomic mass is 16.3. The maximum absolute atomic E-state index is 9.11. The molecule has 1 heterocycles. The standard InChI is InChI=1S/C15H21N3O/c1-11-14(10-19)16-17-18(11)9-12-5-7-13(8-6-12)15(2,3)4/h5-8,19H,9-10H2,1-4H3. The molecular weight excluding hydrogens is 238 g/mol. The Balaban J connectivity index is 2.17. The Labute approximate surface area is 114 Å². The summed E-state index contributed by atoms with van der Waals surface area (Å²) in [6.45, 7) is 9.17. The highest BCUT2D eigenvalue weighted by Gasteiger charge is 2.13. The molecule has 0 saturated carbocycles. The van der Waals surface area contributed by atoms with Crippen LogP contribution in [0, 0.1) is 6.92 Å². The minimum atomic E-state index is -0.0607. The van der Waals surface area contributed by atoms with Crippen molar-refractivity contribution in [3.05, 3.63) is 46.8 Å². The molecule has 1 aromatic carbocycles. The number of nitrogens with zero attached hydrogens (tertiary/aromatic N) is 3. The molecule has 102 valence electrons. The summed E-state index contributed by atoms with van der Waals surface area (Å²) in [4.78, 5) is 0. The number of aliphatic hydroxyl groups is 1. The van der Waals surface area contributed by atoms with Crippen LogP contribution in [0.2, 0.25) is 0 Å². The van der Waals surface area contributed by atoms with Gasteiger partial charge in [-0.2, -0.15) is 0 Å². The SMILES string of the molecule is Cc1c(CO)nnn1Cc1ccc(C(C)(C)C)cc1. The van der Waals surface area contributed by atoms with E-state index in [-0.39, 0.29) is 12.0 Å². The number of hydrogen-bond acceptors (Lipinski definition) is 3. The lowest BCUT2D eigenvalue weighted by Crippen LogP contribution is -2.11. The second-order valence-electron chi connectivity index (χ2n) is 5.88. The Hall–Kier alpha value is -1.68. The van der Waals surface area contributed by atoms with Crippen molar-refractivity contribution in [2.24, 2.45) is 0 Å². The molecule has 4 heteroatoms. The van der Waals surface area contributed by atoms with E-state index in [1.54, 1.807) is 0 Å².